The van der Waals surface area contributed by atoms with Crippen molar-refractivity contribution in [3.05, 3.63) is 48.6 Å². The fraction of sp³-hybridized carbons (Fsp3) is 0.609. The number of hydrogen-bond acceptors (Lipinski definition) is 1. The molecule has 0 aromatic heterocycles. The molecule has 26 heavy (non-hydrogen) atoms. The van der Waals surface area contributed by atoms with E-state index >= 15 is 0 Å². The largest absolute Gasteiger partial charge is 0.353 e. The molecule has 0 aromatic carbocycles. The van der Waals surface area contributed by atoms with Gasteiger partial charge in [-0.25, -0.2) is 4.39 Å². The van der Waals surface area contributed by atoms with Crippen LogP contribution in [0.4, 0.5) is 4.39 Å². The Kier molecular flexibility index (Phi) is 18.4. The summed E-state index contributed by atoms with van der Waals surface area (Å²) >= 11 is 0. The first-order valence-corrected chi connectivity index (χ1v) is 10.2. The van der Waals surface area contributed by atoms with E-state index in [9.17, 15) is 9.18 Å². The van der Waals surface area contributed by atoms with Gasteiger partial charge in [0.25, 0.3) is 0 Å². The lowest BCUT2D eigenvalue weighted by Crippen LogP contribution is -2.30. The van der Waals surface area contributed by atoms with Gasteiger partial charge >= 0.3 is 0 Å². The lowest BCUT2D eigenvalue weighted by molar-refractivity contribution is -0.124. The van der Waals surface area contributed by atoms with Crippen LogP contribution in [0.5, 0.6) is 0 Å². The van der Waals surface area contributed by atoms with Gasteiger partial charge in [-0.3, -0.25) is 4.79 Å². The summed E-state index contributed by atoms with van der Waals surface area (Å²) in [5.41, 5.74) is 0. The van der Waals surface area contributed by atoms with Crippen molar-refractivity contribution in [3.63, 3.8) is 0 Å². The SMILES string of the molecule is CCCCC/C=C\C/C=C\C/C=C\C/C=C\CCC(C)C(=O)NCCF. The average molecular weight is 364 g/mol. The maximum atomic E-state index is 12.0. The Hall–Kier alpha value is -1.64. The maximum Gasteiger partial charge on any atom is 0.222 e. The lowest BCUT2D eigenvalue weighted by Gasteiger charge is -2.09. The second-order valence-corrected chi connectivity index (χ2v) is 6.55. The summed E-state index contributed by atoms with van der Waals surface area (Å²) < 4.78 is 12.0. The van der Waals surface area contributed by atoms with E-state index in [0.717, 1.165) is 32.1 Å². The highest BCUT2D eigenvalue weighted by Crippen LogP contribution is 2.06. The van der Waals surface area contributed by atoms with Crippen LogP contribution in [0.2, 0.25) is 0 Å². The second-order valence-electron chi connectivity index (χ2n) is 6.55. The van der Waals surface area contributed by atoms with Gasteiger partial charge in [-0.15, -0.1) is 0 Å². The predicted octanol–water partition coefficient (Wildman–Crippen LogP) is 6.46. The third-order valence-corrected chi connectivity index (χ3v) is 4.07. The van der Waals surface area contributed by atoms with Crippen LogP contribution >= 0.6 is 0 Å². The van der Waals surface area contributed by atoms with Crippen LogP contribution in [-0.2, 0) is 4.79 Å². The molecule has 0 rings (SSSR count). The third-order valence-electron chi connectivity index (χ3n) is 4.07. The van der Waals surface area contributed by atoms with Gasteiger partial charge in [0.1, 0.15) is 6.67 Å². The van der Waals surface area contributed by atoms with E-state index in [1.54, 1.807) is 0 Å². The van der Waals surface area contributed by atoms with Gasteiger partial charge in [0.15, 0.2) is 0 Å². The van der Waals surface area contributed by atoms with Gasteiger partial charge < -0.3 is 5.32 Å². The maximum absolute atomic E-state index is 12.0. The number of halogens is 1. The minimum Gasteiger partial charge on any atom is -0.353 e. The van der Waals surface area contributed by atoms with E-state index in [4.69, 9.17) is 0 Å². The monoisotopic (exact) mass is 363 g/mol. The summed E-state index contributed by atoms with van der Waals surface area (Å²) in [6.45, 7) is 3.73. The van der Waals surface area contributed by atoms with Gasteiger partial charge in [0.2, 0.25) is 5.91 Å². The summed E-state index contributed by atoms with van der Waals surface area (Å²) in [5, 5.41) is 2.58. The summed E-state index contributed by atoms with van der Waals surface area (Å²) in [7, 11) is 0. The van der Waals surface area contributed by atoms with Crippen LogP contribution in [0.15, 0.2) is 48.6 Å². The topological polar surface area (TPSA) is 29.1 Å². The smallest absolute Gasteiger partial charge is 0.222 e. The Morgan fingerprint density at radius 2 is 1.42 bits per heavy atom. The molecule has 0 bridgehead atoms. The number of amides is 1. The molecule has 148 valence electrons. The van der Waals surface area contributed by atoms with E-state index in [1.165, 1.54) is 25.7 Å². The average Bonchev–Trinajstić information content (AvgIpc) is 2.65. The van der Waals surface area contributed by atoms with E-state index in [1.807, 2.05) is 6.92 Å². The van der Waals surface area contributed by atoms with Crippen LogP contribution < -0.4 is 5.32 Å². The van der Waals surface area contributed by atoms with Crippen molar-refractivity contribution in [1.82, 2.24) is 5.32 Å². The zero-order chi connectivity index (χ0) is 19.3. The number of allylic oxidation sites excluding steroid dienone is 8. The molecule has 0 aliphatic carbocycles. The molecule has 0 aromatic rings. The zero-order valence-corrected chi connectivity index (χ0v) is 16.8. The molecule has 0 fully saturated rings. The number of alkyl halides is 1. The van der Waals surface area contributed by atoms with Crippen molar-refractivity contribution < 1.29 is 9.18 Å². The van der Waals surface area contributed by atoms with Gasteiger partial charge in [-0.05, 0) is 44.9 Å². The quantitative estimate of drug-likeness (QED) is 0.247. The number of carbonyl (C=O) groups is 1. The minimum absolute atomic E-state index is 0.0569. The molecular formula is C23H38FNO. The first-order valence-electron chi connectivity index (χ1n) is 10.2. The zero-order valence-electron chi connectivity index (χ0n) is 16.8. The Morgan fingerprint density at radius 3 is 1.96 bits per heavy atom. The normalized spacial score (nSPS) is 13.5. The molecular weight excluding hydrogens is 325 g/mol. The molecule has 0 radical (unpaired) electrons. The molecule has 1 atom stereocenters. The van der Waals surface area contributed by atoms with Crippen LogP contribution in [0.3, 0.4) is 0 Å². The molecule has 0 saturated carbocycles. The predicted molar refractivity (Wildman–Crippen MR) is 112 cm³/mol. The summed E-state index contributed by atoms with van der Waals surface area (Å²) in [5.74, 6) is -0.119. The van der Waals surface area contributed by atoms with Crippen molar-refractivity contribution in [3.8, 4) is 0 Å². The first kappa shape index (κ1) is 24.4. The molecule has 0 heterocycles. The molecule has 1 unspecified atom stereocenters. The standard InChI is InChI=1S/C23H38FNO/c1-3-4-5-6-7-8-9-10-11-12-13-14-15-16-17-18-19-22(2)23(26)25-21-20-24/h7-8,10-11,13-14,16-17,22H,3-6,9,12,15,18-21H2,1-2H3,(H,25,26)/b8-7-,11-10-,14-13-,17-16-. The van der Waals surface area contributed by atoms with E-state index in [2.05, 4.69) is 60.8 Å². The fourth-order valence-electron chi connectivity index (χ4n) is 2.38. The highest BCUT2D eigenvalue weighted by Gasteiger charge is 2.10. The Balaban J connectivity index is 3.58. The van der Waals surface area contributed by atoms with Crippen LogP contribution in [0.1, 0.15) is 71.6 Å². The van der Waals surface area contributed by atoms with Crippen molar-refractivity contribution in [2.45, 2.75) is 71.6 Å². The van der Waals surface area contributed by atoms with Crippen LogP contribution in [0.25, 0.3) is 0 Å². The number of nitrogens with one attached hydrogen (secondary N) is 1. The van der Waals surface area contributed by atoms with Gasteiger partial charge in [0.05, 0.1) is 0 Å². The van der Waals surface area contributed by atoms with Crippen LogP contribution in [-0.4, -0.2) is 19.1 Å². The second kappa shape index (κ2) is 19.7. The van der Waals surface area contributed by atoms with Gasteiger partial charge in [0, 0.05) is 12.5 Å². The Morgan fingerprint density at radius 1 is 0.885 bits per heavy atom. The van der Waals surface area contributed by atoms with E-state index in [0.29, 0.717) is 0 Å². The van der Waals surface area contributed by atoms with E-state index < -0.39 is 6.67 Å². The summed E-state index contributed by atoms with van der Waals surface area (Å²) in [6.07, 6.45) is 27.3. The molecule has 2 nitrogen and oxygen atoms in total. The molecule has 0 aliphatic heterocycles. The third kappa shape index (κ3) is 17.2. The van der Waals surface area contributed by atoms with Crippen molar-refractivity contribution in [2.75, 3.05) is 13.2 Å². The molecule has 0 saturated heterocycles. The van der Waals surface area contributed by atoms with Crippen LogP contribution in [0, 0.1) is 5.92 Å². The fourth-order valence-corrected chi connectivity index (χ4v) is 2.38. The Bertz CT molecular complexity index is 437. The highest BCUT2D eigenvalue weighted by atomic mass is 19.1. The molecule has 0 spiro atoms. The number of hydrogen-bond donors (Lipinski definition) is 1. The number of unbranched alkanes of at least 4 members (excludes halogenated alkanes) is 3. The van der Waals surface area contributed by atoms with Crippen molar-refractivity contribution in [2.24, 2.45) is 5.92 Å². The van der Waals surface area contributed by atoms with Gasteiger partial charge in [-0.1, -0.05) is 75.3 Å². The summed E-state index contributed by atoms with van der Waals surface area (Å²) in [6, 6.07) is 0. The molecule has 0 aliphatic rings. The Labute approximate surface area is 160 Å². The number of rotatable bonds is 16. The van der Waals surface area contributed by atoms with Crippen molar-refractivity contribution in [1.29, 1.82) is 0 Å². The highest BCUT2D eigenvalue weighted by molar-refractivity contribution is 5.78. The minimum atomic E-state index is -0.504. The van der Waals surface area contributed by atoms with Gasteiger partial charge in [-0.2, -0.15) is 0 Å². The summed E-state index contributed by atoms with van der Waals surface area (Å²) in [4.78, 5) is 11.6. The number of carbonyl (C=O) groups excluding carboxylic acids is 1. The lowest BCUT2D eigenvalue weighted by atomic mass is 10.0. The first-order chi connectivity index (χ1) is 12.7. The molecule has 1 amide bonds. The van der Waals surface area contributed by atoms with E-state index in [-0.39, 0.29) is 18.4 Å². The van der Waals surface area contributed by atoms with Crippen molar-refractivity contribution >= 4 is 5.91 Å². The molecule has 3 heteroatoms. The molecule has 1 N–H and O–H groups in total.